The van der Waals surface area contributed by atoms with Crippen molar-refractivity contribution >= 4 is 37.8 Å². The van der Waals surface area contributed by atoms with Gasteiger partial charge in [-0.3, -0.25) is 0 Å². The fraction of sp³-hybridized carbons (Fsp3) is 0.300. The molecule has 76 valence electrons. The van der Waals surface area contributed by atoms with Gasteiger partial charge in [0, 0.05) is 8.95 Å². The van der Waals surface area contributed by atoms with E-state index in [1.807, 2.05) is 6.92 Å². The summed E-state index contributed by atoms with van der Waals surface area (Å²) < 4.78 is 6.69. The molecule has 0 fully saturated rings. The monoisotopic (exact) mass is 320 g/mol. The molecular formula is C10H10Br2O2. The van der Waals surface area contributed by atoms with Crippen LogP contribution >= 0.6 is 31.9 Å². The van der Waals surface area contributed by atoms with Crippen molar-refractivity contribution in [3.63, 3.8) is 0 Å². The molecular weight excluding hydrogens is 312 g/mol. The third kappa shape index (κ3) is 2.58. The zero-order chi connectivity index (χ0) is 10.7. The van der Waals surface area contributed by atoms with Crippen molar-refractivity contribution in [2.24, 2.45) is 0 Å². The Labute approximate surface area is 99.9 Å². The van der Waals surface area contributed by atoms with E-state index < -0.39 is 0 Å². The highest BCUT2D eigenvalue weighted by molar-refractivity contribution is 9.11. The molecule has 0 saturated heterocycles. The van der Waals surface area contributed by atoms with Crippen LogP contribution in [0.4, 0.5) is 0 Å². The van der Waals surface area contributed by atoms with Crippen LogP contribution < -0.4 is 0 Å². The zero-order valence-corrected chi connectivity index (χ0v) is 11.1. The first kappa shape index (κ1) is 11.7. The lowest BCUT2D eigenvalue weighted by Crippen LogP contribution is -2.04. The van der Waals surface area contributed by atoms with Crippen LogP contribution in [0.15, 0.2) is 21.1 Å². The van der Waals surface area contributed by atoms with Gasteiger partial charge in [0.05, 0.1) is 12.2 Å². The van der Waals surface area contributed by atoms with Gasteiger partial charge in [-0.15, -0.1) is 0 Å². The van der Waals surface area contributed by atoms with Crippen LogP contribution in [0.3, 0.4) is 0 Å². The van der Waals surface area contributed by atoms with Crippen molar-refractivity contribution in [2.45, 2.75) is 13.8 Å². The van der Waals surface area contributed by atoms with Crippen LogP contribution in [0.1, 0.15) is 22.8 Å². The van der Waals surface area contributed by atoms with Crippen molar-refractivity contribution < 1.29 is 9.53 Å². The second kappa shape index (κ2) is 4.94. The van der Waals surface area contributed by atoms with Gasteiger partial charge in [0.2, 0.25) is 0 Å². The Bertz CT molecular complexity index is 338. The number of benzene rings is 1. The smallest absolute Gasteiger partial charge is 0.338 e. The van der Waals surface area contributed by atoms with E-state index in [4.69, 9.17) is 4.74 Å². The van der Waals surface area contributed by atoms with Crippen molar-refractivity contribution in [3.8, 4) is 0 Å². The highest BCUT2D eigenvalue weighted by atomic mass is 79.9. The van der Waals surface area contributed by atoms with Crippen molar-refractivity contribution in [2.75, 3.05) is 6.61 Å². The number of hydrogen-bond acceptors (Lipinski definition) is 2. The van der Waals surface area contributed by atoms with Gasteiger partial charge in [0.25, 0.3) is 0 Å². The summed E-state index contributed by atoms with van der Waals surface area (Å²) in [6.07, 6.45) is 0. The van der Waals surface area contributed by atoms with Crippen LogP contribution in [-0.2, 0) is 4.74 Å². The highest BCUT2D eigenvalue weighted by Gasteiger charge is 2.10. The van der Waals surface area contributed by atoms with Gasteiger partial charge in [-0.05, 0) is 31.5 Å². The standard InChI is InChI=1S/C10H10Br2O2/c1-3-14-10(13)7-4-8(11)6(2)9(12)5-7/h4-5H,3H2,1-2H3. The SMILES string of the molecule is CCOC(=O)c1cc(Br)c(C)c(Br)c1. The summed E-state index contributed by atoms with van der Waals surface area (Å²) in [6, 6.07) is 3.52. The van der Waals surface area contributed by atoms with Gasteiger partial charge < -0.3 is 4.74 Å². The summed E-state index contributed by atoms with van der Waals surface area (Å²) in [5.41, 5.74) is 1.62. The molecule has 2 nitrogen and oxygen atoms in total. The number of carbonyl (C=O) groups excluding carboxylic acids is 1. The molecule has 0 bridgehead atoms. The van der Waals surface area contributed by atoms with E-state index in [2.05, 4.69) is 31.9 Å². The minimum absolute atomic E-state index is 0.297. The Morgan fingerprint density at radius 3 is 2.29 bits per heavy atom. The van der Waals surface area contributed by atoms with Gasteiger partial charge in [-0.1, -0.05) is 31.9 Å². The average molecular weight is 322 g/mol. The predicted octanol–water partition coefficient (Wildman–Crippen LogP) is 3.70. The first-order chi connectivity index (χ1) is 6.56. The Kier molecular flexibility index (Phi) is 4.13. The fourth-order valence-electron chi connectivity index (χ4n) is 0.978. The lowest BCUT2D eigenvalue weighted by molar-refractivity contribution is 0.0526. The molecule has 0 aliphatic rings. The summed E-state index contributed by atoms with van der Waals surface area (Å²) in [5.74, 6) is -0.297. The predicted molar refractivity (Wildman–Crippen MR) is 62.5 cm³/mol. The van der Waals surface area contributed by atoms with Gasteiger partial charge in [0.1, 0.15) is 0 Å². The van der Waals surface area contributed by atoms with E-state index in [0.29, 0.717) is 12.2 Å². The van der Waals surface area contributed by atoms with Crippen LogP contribution in [0.2, 0.25) is 0 Å². The molecule has 0 unspecified atom stereocenters. The summed E-state index contributed by atoms with van der Waals surface area (Å²) in [4.78, 5) is 11.4. The minimum Gasteiger partial charge on any atom is -0.462 e. The summed E-state index contributed by atoms with van der Waals surface area (Å²) in [6.45, 7) is 4.14. The van der Waals surface area contributed by atoms with Gasteiger partial charge >= 0.3 is 5.97 Å². The third-order valence-electron chi connectivity index (χ3n) is 1.79. The number of rotatable bonds is 2. The van der Waals surface area contributed by atoms with Gasteiger partial charge in [-0.2, -0.15) is 0 Å². The summed E-state index contributed by atoms with van der Waals surface area (Å²) in [7, 11) is 0. The van der Waals surface area contributed by atoms with Crippen LogP contribution in [0, 0.1) is 6.92 Å². The van der Waals surface area contributed by atoms with Gasteiger partial charge in [-0.25, -0.2) is 4.79 Å². The van der Waals surface area contributed by atoms with E-state index in [-0.39, 0.29) is 5.97 Å². The maximum atomic E-state index is 11.4. The molecule has 0 atom stereocenters. The van der Waals surface area contributed by atoms with E-state index in [1.54, 1.807) is 19.1 Å². The molecule has 0 aliphatic heterocycles. The first-order valence-electron chi connectivity index (χ1n) is 4.19. The van der Waals surface area contributed by atoms with Gasteiger partial charge in [0.15, 0.2) is 0 Å². The molecule has 1 aromatic rings. The zero-order valence-electron chi connectivity index (χ0n) is 7.93. The summed E-state index contributed by atoms with van der Waals surface area (Å²) in [5, 5.41) is 0. The maximum absolute atomic E-state index is 11.4. The lowest BCUT2D eigenvalue weighted by atomic mass is 10.1. The summed E-state index contributed by atoms with van der Waals surface area (Å²) >= 11 is 6.76. The second-order valence-electron chi connectivity index (χ2n) is 2.79. The Balaban J connectivity index is 3.06. The minimum atomic E-state index is -0.297. The van der Waals surface area contributed by atoms with Crippen LogP contribution in [0.25, 0.3) is 0 Å². The third-order valence-corrected chi connectivity index (χ3v) is 3.44. The van der Waals surface area contributed by atoms with Crippen molar-refractivity contribution in [3.05, 3.63) is 32.2 Å². The normalized spacial score (nSPS) is 10.0. The topological polar surface area (TPSA) is 26.3 Å². The lowest BCUT2D eigenvalue weighted by Gasteiger charge is -2.06. The average Bonchev–Trinajstić information content (AvgIpc) is 2.13. The molecule has 0 saturated carbocycles. The molecule has 1 aromatic carbocycles. The molecule has 0 aliphatic carbocycles. The molecule has 14 heavy (non-hydrogen) atoms. The molecule has 0 amide bonds. The number of hydrogen-bond donors (Lipinski definition) is 0. The Morgan fingerprint density at radius 2 is 1.86 bits per heavy atom. The molecule has 1 rings (SSSR count). The largest absolute Gasteiger partial charge is 0.462 e. The molecule has 0 heterocycles. The molecule has 0 N–H and O–H groups in total. The van der Waals surface area contributed by atoms with Crippen molar-refractivity contribution in [1.29, 1.82) is 0 Å². The van der Waals surface area contributed by atoms with E-state index in [9.17, 15) is 4.79 Å². The van der Waals surface area contributed by atoms with E-state index in [0.717, 1.165) is 14.5 Å². The first-order valence-corrected chi connectivity index (χ1v) is 5.77. The number of ether oxygens (including phenoxy) is 1. The fourth-order valence-corrected chi connectivity index (χ4v) is 2.16. The number of esters is 1. The quantitative estimate of drug-likeness (QED) is 0.776. The van der Waals surface area contributed by atoms with E-state index >= 15 is 0 Å². The van der Waals surface area contributed by atoms with Crippen molar-refractivity contribution in [1.82, 2.24) is 0 Å². The maximum Gasteiger partial charge on any atom is 0.338 e. The van der Waals surface area contributed by atoms with Crippen LogP contribution in [0.5, 0.6) is 0 Å². The van der Waals surface area contributed by atoms with E-state index in [1.165, 1.54) is 0 Å². The molecule has 0 aromatic heterocycles. The molecule has 0 spiro atoms. The number of carbonyl (C=O) groups is 1. The van der Waals surface area contributed by atoms with Crippen LogP contribution in [-0.4, -0.2) is 12.6 Å². The number of halogens is 2. The molecule has 4 heteroatoms. The Hall–Kier alpha value is -0.350. The second-order valence-corrected chi connectivity index (χ2v) is 4.49. The highest BCUT2D eigenvalue weighted by Crippen LogP contribution is 2.26. The Morgan fingerprint density at radius 1 is 1.36 bits per heavy atom. The molecule has 0 radical (unpaired) electrons.